The molecule has 1 amide bonds. The van der Waals surface area contributed by atoms with Crippen LogP contribution in [-0.2, 0) is 19.2 Å². The summed E-state index contributed by atoms with van der Waals surface area (Å²) in [5.41, 5.74) is 5.71. The molecule has 3 aromatic rings. The van der Waals surface area contributed by atoms with Crippen molar-refractivity contribution >= 4 is 23.4 Å². The van der Waals surface area contributed by atoms with Gasteiger partial charge < -0.3 is 5.32 Å². The zero-order valence-corrected chi connectivity index (χ0v) is 15.1. The van der Waals surface area contributed by atoms with E-state index >= 15 is 0 Å². The van der Waals surface area contributed by atoms with E-state index in [4.69, 9.17) is 0 Å². The lowest BCUT2D eigenvalue weighted by Crippen LogP contribution is -2.16. The molecule has 0 unspecified atom stereocenters. The first-order valence-corrected chi connectivity index (χ1v) is 9.35. The van der Waals surface area contributed by atoms with Crippen molar-refractivity contribution < 1.29 is 4.79 Å². The summed E-state index contributed by atoms with van der Waals surface area (Å²) in [5, 5.41) is 7.58. The van der Waals surface area contributed by atoms with Crippen LogP contribution in [0.2, 0.25) is 0 Å². The number of aromatic nitrogens is 2. The molecule has 0 atom stereocenters. The fourth-order valence-electron chi connectivity index (χ4n) is 3.29. The van der Waals surface area contributed by atoms with Gasteiger partial charge in [-0.15, -0.1) is 11.8 Å². The van der Waals surface area contributed by atoms with Crippen molar-refractivity contribution in [1.82, 2.24) is 9.78 Å². The minimum absolute atomic E-state index is 0.141. The number of nitrogens with zero attached hydrogens (tertiary/aromatic N) is 2. The van der Waals surface area contributed by atoms with Crippen molar-refractivity contribution in [2.45, 2.75) is 24.0 Å². The van der Waals surface area contributed by atoms with Crippen LogP contribution in [0.25, 0.3) is 11.3 Å². The Morgan fingerprint density at radius 1 is 1.20 bits per heavy atom. The highest BCUT2D eigenvalue weighted by Gasteiger charge is 2.27. The van der Waals surface area contributed by atoms with Crippen LogP contribution in [0.5, 0.6) is 0 Å². The Bertz CT molecular complexity index is 961. The Morgan fingerprint density at radius 3 is 2.80 bits per heavy atom. The van der Waals surface area contributed by atoms with Crippen LogP contribution in [0.3, 0.4) is 0 Å². The van der Waals surface area contributed by atoms with E-state index in [1.54, 1.807) is 11.8 Å². The lowest BCUT2D eigenvalue weighted by Gasteiger charge is -2.17. The molecule has 0 spiro atoms. The maximum absolute atomic E-state index is 12.9. The molecule has 4 nitrogen and oxygen atoms in total. The van der Waals surface area contributed by atoms with Crippen molar-refractivity contribution in [3.8, 4) is 11.3 Å². The van der Waals surface area contributed by atoms with Gasteiger partial charge in [0.15, 0.2) is 5.69 Å². The van der Waals surface area contributed by atoms with Crippen molar-refractivity contribution in [1.29, 1.82) is 0 Å². The predicted molar refractivity (Wildman–Crippen MR) is 102 cm³/mol. The normalized spacial score (nSPS) is 12.4. The molecule has 0 saturated carbocycles. The van der Waals surface area contributed by atoms with Crippen molar-refractivity contribution in [2.75, 3.05) is 5.32 Å². The fourth-order valence-corrected chi connectivity index (χ4v) is 4.36. The van der Waals surface area contributed by atoms with Crippen LogP contribution in [-0.4, -0.2) is 15.7 Å². The number of nitrogens with one attached hydrogen (secondary N) is 1. The number of para-hydroxylation sites is 1. The first-order valence-electron chi connectivity index (χ1n) is 8.36. The van der Waals surface area contributed by atoms with E-state index in [1.165, 1.54) is 4.90 Å². The van der Waals surface area contributed by atoms with Gasteiger partial charge in [-0.1, -0.05) is 43.3 Å². The number of aryl methyl sites for hydroxylation is 2. The number of hydrogen-bond acceptors (Lipinski definition) is 3. The summed E-state index contributed by atoms with van der Waals surface area (Å²) in [4.78, 5) is 14.1. The van der Waals surface area contributed by atoms with Crippen LogP contribution in [0.15, 0.2) is 53.4 Å². The van der Waals surface area contributed by atoms with E-state index in [0.717, 1.165) is 40.2 Å². The zero-order chi connectivity index (χ0) is 17.4. The van der Waals surface area contributed by atoms with Gasteiger partial charge in [0.05, 0.1) is 5.69 Å². The predicted octanol–water partition coefficient (Wildman–Crippen LogP) is 4.51. The Labute approximate surface area is 151 Å². The van der Waals surface area contributed by atoms with Crippen LogP contribution >= 0.6 is 11.8 Å². The van der Waals surface area contributed by atoms with E-state index in [0.29, 0.717) is 5.69 Å². The molecule has 2 aromatic carbocycles. The SMILES string of the molecule is CCc1ccccc1NC(=O)c1nn(C)c2c1CSc1ccccc1-2. The summed E-state index contributed by atoms with van der Waals surface area (Å²) in [5.74, 6) is 0.621. The smallest absolute Gasteiger partial charge is 0.276 e. The van der Waals surface area contributed by atoms with Crippen molar-refractivity contribution in [3.05, 3.63) is 65.4 Å². The molecular weight excluding hydrogens is 330 g/mol. The number of anilines is 1. The second-order valence-electron chi connectivity index (χ2n) is 6.05. The minimum Gasteiger partial charge on any atom is -0.320 e. The number of carbonyl (C=O) groups is 1. The Kier molecular flexibility index (Phi) is 4.09. The topological polar surface area (TPSA) is 46.9 Å². The molecule has 0 saturated heterocycles. The molecule has 1 aromatic heterocycles. The van der Waals surface area contributed by atoms with Crippen molar-refractivity contribution in [2.24, 2.45) is 7.05 Å². The van der Waals surface area contributed by atoms with Gasteiger partial charge in [-0.3, -0.25) is 9.48 Å². The van der Waals surface area contributed by atoms with Gasteiger partial charge in [0, 0.05) is 34.5 Å². The average Bonchev–Trinajstić information content (AvgIpc) is 2.99. The van der Waals surface area contributed by atoms with E-state index < -0.39 is 0 Å². The third-order valence-electron chi connectivity index (χ3n) is 4.52. The van der Waals surface area contributed by atoms with Gasteiger partial charge in [-0.2, -0.15) is 5.10 Å². The molecule has 2 heterocycles. The molecule has 1 aliphatic heterocycles. The average molecular weight is 349 g/mol. The van der Waals surface area contributed by atoms with Gasteiger partial charge in [0.25, 0.3) is 5.91 Å². The van der Waals surface area contributed by atoms with Crippen LogP contribution in [0.4, 0.5) is 5.69 Å². The quantitative estimate of drug-likeness (QED) is 0.757. The molecule has 25 heavy (non-hydrogen) atoms. The maximum Gasteiger partial charge on any atom is 0.276 e. The summed E-state index contributed by atoms with van der Waals surface area (Å²) < 4.78 is 1.83. The maximum atomic E-state index is 12.9. The number of fused-ring (bicyclic) bond motifs is 3. The molecule has 1 aliphatic rings. The van der Waals surface area contributed by atoms with Gasteiger partial charge in [-0.05, 0) is 24.1 Å². The third-order valence-corrected chi connectivity index (χ3v) is 5.62. The second kappa shape index (κ2) is 6.41. The molecule has 126 valence electrons. The molecule has 5 heteroatoms. The summed E-state index contributed by atoms with van der Waals surface area (Å²) in [6.07, 6.45) is 0.875. The largest absolute Gasteiger partial charge is 0.320 e. The lowest BCUT2D eigenvalue weighted by molar-refractivity contribution is 0.102. The van der Waals surface area contributed by atoms with E-state index in [1.807, 2.05) is 48.1 Å². The number of rotatable bonds is 3. The number of amides is 1. The highest BCUT2D eigenvalue weighted by atomic mass is 32.2. The molecule has 0 bridgehead atoms. The highest BCUT2D eigenvalue weighted by Crippen LogP contribution is 2.42. The molecule has 0 fully saturated rings. The Hall–Kier alpha value is -2.53. The van der Waals surface area contributed by atoms with Gasteiger partial charge >= 0.3 is 0 Å². The highest BCUT2D eigenvalue weighted by molar-refractivity contribution is 7.98. The number of thioether (sulfide) groups is 1. The van der Waals surface area contributed by atoms with Gasteiger partial charge in [0.2, 0.25) is 0 Å². The zero-order valence-electron chi connectivity index (χ0n) is 14.2. The minimum atomic E-state index is -0.141. The Morgan fingerprint density at radius 2 is 1.96 bits per heavy atom. The first kappa shape index (κ1) is 16.0. The fraction of sp³-hybridized carbons (Fsp3) is 0.200. The molecule has 0 aliphatic carbocycles. The van der Waals surface area contributed by atoms with E-state index in [9.17, 15) is 4.79 Å². The summed E-state index contributed by atoms with van der Waals surface area (Å²) in [6, 6.07) is 16.2. The molecular formula is C20H19N3OS. The second-order valence-corrected chi connectivity index (χ2v) is 7.07. The number of hydrogen-bond donors (Lipinski definition) is 1. The monoisotopic (exact) mass is 349 g/mol. The standard InChI is InChI=1S/C20H19N3OS/c1-3-13-8-4-6-10-16(13)21-20(24)18-15-12-25-17-11-7-5-9-14(17)19(15)23(2)22-18/h4-11H,3,12H2,1-2H3,(H,21,24). The summed E-state index contributed by atoms with van der Waals surface area (Å²) in [7, 11) is 1.91. The van der Waals surface area contributed by atoms with Crippen LogP contribution < -0.4 is 5.32 Å². The van der Waals surface area contributed by atoms with Crippen LogP contribution in [0.1, 0.15) is 28.5 Å². The lowest BCUT2D eigenvalue weighted by atomic mass is 10.1. The first-order chi connectivity index (χ1) is 12.2. The third kappa shape index (κ3) is 2.74. The number of benzene rings is 2. The van der Waals surface area contributed by atoms with Gasteiger partial charge in [-0.25, -0.2) is 0 Å². The van der Waals surface area contributed by atoms with E-state index in [-0.39, 0.29) is 5.91 Å². The van der Waals surface area contributed by atoms with E-state index in [2.05, 4.69) is 29.5 Å². The molecule has 1 N–H and O–H groups in total. The summed E-state index contributed by atoms with van der Waals surface area (Å²) in [6.45, 7) is 2.08. The molecule has 4 rings (SSSR count). The molecule has 0 radical (unpaired) electrons. The Balaban J connectivity index is 1.72. The number of carbonyl (C=O) groups excluding carboxylic acids is 1. The van der Waals surface area contributed by atoms with Crippen molar-refractivity contribution in [3.63, 3.8) is 0 Å². The van der Waals surface area contributed by atoms with Crippen LogP contribution in [0, 0.1) is 0 Å². The summed E-state index contributed by atoms with van der Waals surface area (Å²) >= 11 is 1.76. The van der Waals surface area contributed by atoms with Gasteiger partial charge in [0.1, 0.15) is 0 Å².